The highest BCUT2D eigenvalue weighted by Gasteiger charge is 2.26. The lowest BCUT2D eigenvalue weighted by molar-refractivity contribution is 0.0744. The summed E-state index contributed by atoms with van der Waals surface area (Å²) in [4.78, 5) is 12.5. The Kier molecular flexibility index (Phi) is 5.20. The first-order valence-electron chi connectivity index (χ1n) is 10.1. The molecule has 0 heterocycles. The Hall–Kier alpha value is -2.29. The molecule has 30 heavy (non-hydrogen) atoms. The van der Waals surface area contributed by atoms with Crippen molar-refractivity contribution in [3.05, 3.63) is 57.9 Å². The molecule has 0 unspecified atom stereocenters. The van der Waals surface area contributed by atoms with Crippen molar-refractivity contribution in [3.8, 4) is 0 Å². The number of rotatable bonds is 3. The number of urea groups is 1. The van der Waals surface area contributed by atoms with Crippen molar-refractivity contribution in [1.29, 1.82) is 0 Å². The summed E-state index contributed by atoms with van der Waals surface area (Å²) < 4.78 is 31.0. The predicted octanol–water partition coefficient (Wildman–Crippen LogP) is 3.96. The highest BCUT2D eigenvalue weighted by Crippen LogP contribution is 2.38. The van der Waals surface area contributed by atoms with Crippen LogP contribution in [0.3, 0.4) is 0 Å². The summed E-state index contributed by atoms with van der Waals surface area (Å²) in [6, 6.07) is 5.04. The van der Waals surface area contributed by atoms with Crippen molar-refractivity contribution in [2.75, 3.05) is 5.32 Å². The average Bonchev–Trinajstić information content (AvgIpc) is 3.28. The zero-order chi connectivity index (χ0) is 21.7. The van der Waals surface area contributed by atoms with Crippen molar-refractivity contribution >= 4 is 21.6 Å². The molecule has 0 saturated carbocycles. The fourth-order valence-corrected chi connectivity index (χ4v) is 5.38. The largest absolute Gasteiger partial charge is 0.386 e. The summed E-state index contributed by atoms with van der Waals surface area (Å²) in [6.07, 6.45) is 5.84. The number of aryl methyl sites for hydroxylation is 2. The van der Waals surface area contributed by atoms with Gasteiger partial charge in [0.1, 0.15) is 15.7 Å². The Morgan fingerprint density at radius 2 is 1.73 bits per heavy atom. The molecule has 160 valence electrons. The van der Waals surface area contributed by atoms with Gasteiger partial charge in [0.25, 0.3) is 0 Å². The molecule has 1 atom stereocenters. The van der Waals surface area contributed by atoms with E-state index in [4.69, 9.17) is 5.14 Å². The van der Waals surface area contributed by atoms with Crippen molar-refractivity contribution in [2.45, 2.75) is 62.9 Å². The van der Waals surface area contributed by atoms with Crippen LogP contribution in [0.2, 0.25) is 0 Å². The number of nitrogens with two attached hydrogens (primary N) is 1. The van der Waals surface area contributed by atoms with Crippen LogP contribution >= 0.6 is 0 Å². The third-order valence-corrected chi connectivity index (χ3v) is 7.23. The van der Waals surface area contributed by atoms with Gasteiger partial charge in [0.2, 0.25) is 0 Å². The number of benzene rings is 2. The van der Waals surface area contributed by atoms with E-state index in [1.54, 1.807) is 0 Å². The molecule has 4 N–H and O–H groups in total. The number of fused-ring (bicyclic) bond motifs is 2. The maximum absolute atomic E-state index is 14.4. The molecule has 2 aromatic rings. The van der Waals surface area contributed by atoms with E-state index < -0.39 is 27.4 Å². The summed E-state index contributed by atoms with van der Waals surface area (Å²) in [5, 5.41) is 18.6. The number of amides is 2. The van der Waals surface area contributed by atoms with Crippen LogP contribution in [-0.2, 0) is 41.2 Å². The molecule has 0 spiro atoms. The molecular weight excluding hydrogens is 405 g/mol. The van der Waals surface area contributed by atoms with Gasteiger partial charge in [0, 0.05) is 11.3 Å². The monoisotopic (exact) mass is 431 g/mol. The van der Waals surface area contributed by atoms with E-state index in [9.17, 15) is 18.5 Å². The molecule has 2 amide bonds. The lowest BCUT2D eigenvalue weighted by Gasteiger charge is -2.19. The third kappa shape index (κ3) is 3.87. The van der Waals surface area contributed by atoms with E-state index in [1.165, 1.54) is 37.1 Å². The zero-order valence-electron chi connectivity index (χ0n) is 17.1. The van der Waals surface area contributed by atoms with Gasteiger partial charge in [0.05, 0.1) is 10.5 Å². The fraction of sp³-hybridized carbons (Fsp3) is 0.409. The van der Waals surface area contributed by atoms with Crippen molar-refractivity contribution in [2.24, 2.45) is 9.50 Å². The Balaban J connectivity index is 1.66. The number of aliphatic hydroxyl groups is 1. The summed E-state index contributed by atoms with van der Waals surface area (Å²) in [6.45, 7) is 2.89. The van der Waals surface area contributed by atoms with Gasteiger partial charge >= 0.3 is 6.03 Å². The Labute approximate surface area is 176 Å². The minimum absolute atomic E-state index is 0.0429. The van der Waals surface area contributed by atoms with Crippen LogP contribution in [0, 0.1) is 5.82 Å². The Morgan fingerprint density at radius 1 is 1.13 bits per heavy atom. The van der Waals surface area contributed by atoms with Gasteiger partial charge in [-0.05, 0) is 86.8 Å². The molecule has 2 aliphatic rings. The SMILES string of the molecule is CC(C)(O)c1ccc([S@](N)(=O)=NC(=O)Nc2c3c(cc4c2CCC4)CCC3)cc1F. The lowest BCUT2D eigenvalue weighted by atomic mass is 9.98. The second-order valence-corrected chi connectivity index (χ2v) is 10.3. The van der Waals surface area contributed by atoms with Gasteiger partial charge in [-0.3, -0.25) is 0 Å². The molecule has 0 saturated heterocycles. The van der Waals surface area contributed by atoms with Gasteiger partial charge in [0.15, 0.2) is 0 Å². The summed E-state index contributed by atoms with van der Waals surface area (Å²) in [7, 11) is -3.65. The number of nitrogens with zero attached hydrogens (tertiary/aromatic N) is 1. The molecule has 4 rings (SSSR count). The molecule has 6 nitrogen and oxygen atoms in total. The number of hydrogen-bond acceptors (Lipinski definition) is 3. The van der Waals surface area contributed by atoms with Gasteiger partial charge in [-0.15, -0.1) is 4.36 Å². The van der Waals surface area contributed by atoms with Crippen LogP contribution in [0.4, 0.5) is 14.9 Å². The highest BCUT2D eigenvalue weighted by atomic mass is 32.2. The smallest absolute Gasteiger partial charge is 0.354 e. The number of halogens is 1. The minimum Gasteiger partial charge on any atom is -0.386 e. The number of anilines is 1. The lowest BCUT2D eigenvalue weighted by Crippen LogP contribution is -2.21. The topological polar surface area (TPSA) is 105 Å². The van der Waals surface area contributed by atoms with Crippen LogP contribution < -0.4 is 10.5 Å². The van der Waals surface area contributed by atoms with E-state index in [-0.39, 0.29) is 10.5 Å². The standard InChI is InChI=1S/C22H26FN3O3S/c1-22(2,28)18-10-9-15(12-19(18)23)30(24,29)26-21(27)25-20-16-7-3-5-13(16)11-14-6-4-8-17(14)20/h9-12,28H,3-8H2,1-2H3,(H3,24,25,26,27,29)/t30-/m1/s1. The normalized spacial score (nSPS) is 17.2. The third-order valence-electron chi connectivity index (χ3n) is 5.86. The van der Waals surface area contributed by atoms with E-state index in [0.717, 1.165) is 61.4 Å². The molecule has 0 bridgehead atoms. The van der Waals surface area contributed by atoms with Gasteiger partial charge in [-0.25, -0.2) is 18.5 Å². The predicted molar refractivity (Wildman–Crippen MR) is 114 cm³/mol. The first-order chi connectivity index (χ1) is 14.1. The Bertz CT molecular complexity index is 1130. The van der Waals surface area contributed by atoms with Crippen LogP contribution in [-0.4, -0.2) is 15.3 Å². The van der Waals surface area contributed by atoms with E-state index in [0.29, 0.717) is 0 Å². The van der Waals surface area contributed by atoms with Crippen LogP contribution in [0.25, 0.3) is 0 Å². The highest BCUT2D eigenvalue weighted by molar-refractivity contribution is 7.91. The van der Waals surface area contributed by atoms with Gasteiger partial charge in [-0.1, -0.05) is 12.1 Å². The molecule has 0 aliphatic heterocycles. The zero-order valence-corrected chi connectivity index (χ0v) is 17.9. The molecule has 0 aromatic heterocycles. The molecule has 0 radical (unpaired) electrons. The van der Waals surface area contributed by atoms with Crippen molar-refractivity contribution < 1.29 is 18.5 Å². The van der Waals surface area contributed by atoms with Crippen molar-refractivity contribution in [1.82, 2.24) is 0 Å². The van der Waals surface area contributed by atoms with E-state index in [2.05, 4.69) is 15.7 Å². The molecule has 0 fully saturated rings. The van der Waals surface area contributed by atoms with Crippen LogP contribution in [0.5, 0.6) is 0 Å². The summed E-state index contributed by atoms with van der Waals surface area (Å²) in [5.74, 6) is -0.757. The second kappa shape index (κ2) is 7.44. The molecular formula is C22H26FN3O3S. The van der Waals surface area contributed by atoms with E-state index in [1.807, 2.05) is 0 Å². The Morgan fingerprint density at radius 3 is 2.27 bits per heavy atom. The fourth-order valence-electron chi connectivity index (χ4n) is 4.45. The quantitative estimate of drug-likeness (QED) is 0.685. The summed E-state index contributed by atoms with van der Waals surface area (Å²) >= 11 is 0. The van der Waals surface area contributed by atoms with Gasteiger partial charge < -0.3 is 10.4 Å². The van der Waals surface area contributed by atoms with Crippen LogP contribution in [0.15, 0.2) is 33.5 Å². The maximum Gasteiger partial charge on any atom is 0.354 e. The molecule has 8 heteroatoms. The van der Waals surface area contributed by atoms with E-state index >= 15 is 0 Å². The number of carbonyl (C=O) groups excluding carboxylic acids is 1. The number of nitrogens with one attached hydrogen (secondary N) is 1. The number of hydrogen-bond donors (Lipinski definition) is 3. The average molecular weight is 432 g/mol. The number of carbonyl (C=O) groups is 1. The van der Waals surface area contributed by atoms with Crippen LogP contribution in [0.1, 0.15) is 54.5 Å². The first-order valence-corrected chi connectivity index (χ1v) is 11.7. The van der Waals surface area contributed by atoms with Gasteiger partial charge in [-0.2, -0.15) is 0 Å². The second-order valence-electron chi connectivity index (χ2n) is 8.52. The molecule has 2 aromatic carbocycles. The molecule has 2 aliphatic carbocycles. The first kappa shape index (κ1) is 21.0. The van der Waals surface area contributed by atoms with Crippen molar-refractivity contribution in [3.63, 3.8) is 0 Å². The minimum atomic E-state index is -3.65. The summed E-state index contributed by atoms with van der Waals surface area (Å²) in [5.41, 5.74) is 4.19. The maximum atomic E-state index is 14.4.